The van der Waals surface area contributed by atoms with Crippen molar-refractivity contribution in [1.82, 2.24) is 4.40 Å². The monoisotopic (exact) mass is 471 g/mol. The molecule has 4 atom stereocenters. The summed E-state index contributed by atoms with van der Waals surface area (Å²) in [4.78, 5) is 26.8. The molecular weight excluding hydrogens is 449 g/mol. The van der Waals surface area contributed by atoms with E-state index in [0.717, 1.165) is 25.0 Å². The molecule has 3 fully saturated rings. The Morgan fingerprint density at radius 1 is 1.36 bits per heavy atom. The number of rotatable bonds is 2. The molecule has 1 aromatic carbocycles. The lowest BCUT2D eigenvalue weighted by Crippen LogP contribution is -2.45. The van der Waals surface area contributed by atoms with Crippen LogP contribution in [0, 0.1) is 23.1 Å². The van der Waals surface area contributed by atoms with E-state index in [2.05, 4.69) is 6.92 Å². The fraction of sp³-hybridized carbons (Fsp3) is 0.478. The van der Waals surface area contributed by atoms with Crippen LogP contribution in [0.1, 0.15) is 31.9 Å². The van der Waals surface area contributed by atoms with E-state index in [1.807, 2.05) is 4.90 Å². The Bertz CT molecular complexity index is 1440. The molecule has 2 aliphatic carbocycles. The third-order valence-electron chi connectivity index (χ3n) is 8.57. The molecule has 2 aromatic heterocycles. The predicted octanol–water partition coefficient (Wildman–Crippen LogP) is 3.56. The number of nitrogens with zero attached hydrogens (tertiary/aromatic N) is 2. The molecule has 2 aliphatic heterocycles. The molecule has 4 aliphatic rings. The zero-order chi connectivity index (χ0) is 22.9. The summed E-state index contributed by atoms with van der Waals surface area (Å²) < 4.78 is 28.3. The molecule has 3 N–H and O–H groups in total. The first-order valence-corrected chi connectivity index (χ1v) is 12.0. The van der Waals surface area contributed by atoms with Crippen molar-refractivity contribution in [1.29, 1.82) is 0 Å². The van der Waals surface area contributed by atoms with Crippen LogP contribution >= 0.6 is 11.3 Å². The van der Waals surface area contributed by atoms with Crippen LogP contribution in [0.3, 0.4) is 0 Å². The minimum atomic E-state index is -1.59. The number of nitrogens with two attached hydrogens (primary N) is 1. The molecule has 0 radical (unpaired) electrons. The van der Waals surface area contributed by atoms with Crippen molar-refractivity contribution in [2.75, 3.05) is 18.0 Å². The van der Waals surface area contributed by atoms with Crippen molar-refractivity contribution in [3.8, 4) is 11.5 Å². The van der Waals surface area contributed by atoms with Gasteiger partial charge in [0.15, 0.2) is 11.6 Å². The highest BCUT2D eigenvalue weighted by Gasteiger charge is 2.64. The van der Waals surface area contributed by atoms with Gasteiger partial charge in [-0.25, -0.2) is 9.18 Å². The lowest BCUT2D eigenvalue weighted by molar-refractivity contribution is 0.144. The fourth-order valence-corrected chi connectivity index (χ4v) is 8.17. The molecule has 2 saturated carbocycles. The van der Waals surface area contributed by atoms with Crippen LogP contribution in [0.25, 0.3) is 15.7 Å². The molecule has 172 valence electrons. The number of carbonyl (C=O) groups is 1. The first-order valence-electron chi connectivity index (χ1n) is 11.1. The minimum absolute atomic E-state index is 0.0427. The van der Waals surface area contributed by atoms with Gasteiger partial charge in [-0.05, 0) is 42.6 Å². The quantitative estimate of drug-likeness (QED) is 0.551. The number of ether oxygens (including phenoxy) is 2. The van der Waals surface area contributed by atoms with E-state index in [-0.39, 0.29) is 28.7 Å². The minimum Gasteiger partial charge on any atom is -0.483 e. The number of aromatic nitrogens is 1. The van der Waals surface area contributed by atoms with E-state index >= 15 is 4.39 Å². The maximum Gasteiger partial charge on any atom is 0.511 e. The second-order valence-corrected chi connectivity index (χ2v) is 11.2. The molecule has 8 nitrogen and oxygen atoms in total. The summed E-state index contributed by atoms with van der Waals surface area (Å²) in [6, 6.07) is 1.19. The molecule has 4 unspecified atom stereocenters. The van der Waals surface area contributed by atoms with E-state index in [1.165, 1.54) is 17.4 Å². The summed E-state index contributed by atoms with van der Waals surface area (Å²) >= 11 is 1.20. The molecule has 2 bridgehead atoms. The van der Waals surface area contributed by atoms with Crippen LogP contribution < -0.4 is 25.5 Å². The first kappa shape index (κ1) is 19.6. The number of halogens is 1. The van der Waals surface area contributed by atoms with Gasteiger partial charge in [-0.2, -0.15) is 0 Å². The third-order valence-corrected chi connectivity index (χ3v) is 9.55. The number of benzene rings is 1. The summed E-state index contributed by atoms with van der Waals surface area (Å²) in [7, 11) is 0. The number of anilines is 1. The Morgan fingerprint density at radius 2 is 2.15 bits per heavy atom. The maximum atomic E-state index is 15.7. The van der Waals surface area contributed by atoms with Crippen LogP contribution in [0.5, 0.6) is 11.5 Å². The Labute approximate surface area is 191 Å². The summed E-state index contributed by atoms with van der Waals surface area (Å²) in [6.07, 6.45) is 1.54. The zero-order valence-corrected chi connectivity index (χ0v) is 18.7. The van der Waals surface area contributed by atoms with E-state index in [9.17, 15) is 9.59 Å². The number of carboxylic acid groups (broad SMARTS) is 1. The zero-order valence-electron chi connectivity index (χ0n) is 17.9. The predicted molar refractivity (Wildman–Crippen MR) is 120 cm³/mol. The first-order chi connectivity index (χ1) is 15.7. The van der Waals surface area contributed by atoms with Crippen molar-refractivity contribution in [2.24, 2.45) is 23.0 Å². The average Bonchev–Trinajstić information content (AvgIpc) is 3.49. The van der Waals surface area contributed by atoms with Crippen molar-refractivity contribution in [3.63, 3.8) is 0 Å². The standard InChI is InChI=1S/C23H22FN3O5S/c1-22-2-3-23(25,9-22)13-6-26(5-12(13)22)16-14(24)4-11-15-18(16)31-7-10-8-33-20(27(10)15)19(17(11)28)32-21(29)30/h4,8,12-13H,2-3,5-7,9,25H2,1H3,(H,29,30). The molecule has 10 heteroatoms. The third kappa shape index (κ3) is 2.32. The van der Waals surface area contributed by atoms with Crippen LogP contribution in [0.15, 0.2) is 16.2 Å². The highest BCUT2D eigenvalue weighted by Crippen LogP contribution is 2.64. The molecule has 33 heavy (non-hydrogen) atoms. The summed E-state index contributed by atoms with van der Waals surface area (Å²) in [5.41, 5.74) is 7.68. The summed E-state index contributed by atoms with van der Waals surface area (Å²) in [6.45, 7) is 3.85. The van der Waals surface area contributed by atoms with Gasteiger partial charge in [0, 0.05) is 24.0 Å². The summed E-state index contributed by atoms with van der Waals surface area (Å²) in [5.74, 6) is 0.156. The van der Waals surface area contributed by atoms with Gasteiger partial charge >= 0.3 is 6.16 Å². The van der Waals surface area contributed by atoms with Gasteiger partial charge in [0.2, 0.25) is 11.2 Å². The van der Waals surface area contributed by atoms with Crippen LogP contribution in [-0.2, 0) is 6.61 Å². The molecule has 0 spiro atoms. The highest BCUT2D eigenvalue weighted by atomic mass is 32.1. The van der Waals surface area contributed by atoms with Crippen molar-refractivity contribution in [3.05, 3.63) is 33.2 Å². The van der Waals surface area contributed by atoms with Crippen LogP contribution in [0.4, 0.5) is 14.9 Å². The second kappa shape index (κ2) is 5.98. The number of hydrogen-bond acceptors (Lipinski definition) is 7. The highest BCUT2D eigenvalue weighted by molar-refractivity contribution is 7.16. The van der Waals surface area contributed by atoms with Gasteiger partial charge in [0.25, 0.3) is 0 Å². The molecule has 3 aromatic rings. The fourth-order valence-electron chi connectivity index (χ4n) is 7.19. The van der Waals surface area contributed by atoms with E-state index in [0.29, 0.717) is 46.7 Å². The lowest BCUT2D eigenvalue weighted by atomic mass is 9.72. The van der Waals surface area contributed by atoms with Gasteiger partial charge in [-0.3, -0.25) is 9.20 Å². The average molecular weight is 472 g/mol. The van der Waals surface area contributed by atoms with Crippen molar-refractivity contribution in [2.45, 2.75) is 38.3 Å². The molecule has 7 rings (SSSR count). The maximum absolute atomic E-state index is 15.7. The van der Waals surface area contributed by atoms with Crippen molar-refractivity contribution < 1.29 is 23.8 Å². The normalized spacial score (nSPS) is 31.5. The Hall–Kier alpha value is -2.85. The van der Waals surface area contributed by atoms with Gasteiger partial charge in [-0.1, -0.05) is 6.92 Å². The molecular formula is C23H22FN3O5S. The second-order valence-electron chi connectivity index (χ2n) is 10.3. The van der Waals surface area contributed by atoms with E-state index < -0.39 is 17.4 Å². The van der Waals surface area contributed by atoms with E-state index in [4.69, 9.17) is 20.3 Å². The van der Waals surface area contributed by atoms with Gasteiger partial charge in [-0.15, -0.1) is 11.3 Å². The number of hydrogen-bond donors (Lipinski definition) is 2. The van der Waals surface area contributed by atoms with Gasteiger partial charge in [0.1, 0.15) is 22.6 Å². The Balaban J connectivity index is 1.45. The molecule has 4 heterocycles. The van der Waals surface area contributed by atoms with Crippen LogP contribution in [0.2, 0.25) is 0 Å². The Kier molecular flexibility index (Phi) is 3.55. The number of fused-ring (bicyclic) bond motifs is 5. The molecule has 1 saturated heterocycles. The van der Waals surface area contributed by atoms with Crippen molar-refractivity contribution >= 4 is 38.9 Å². The number of pyridine rings is 1. The smallest absolute Gasteiger partial charge is 0.483 e. The molecule has 0 amide bonds. The summed E-state index contributed by atoms with van der Waals surface area (Å²) in [5, 5.41) is 11.0. The number of thiazole rings is 1. The topological polar surface area (TPSA) is 106 Å². The SMILES string of the molecule is CC12CCC(N)(C1)C1CN(c3c(F)cc4c(=O)c(OC(=O)O)c5scc6n5c4c3OC6)CC12. The largest absolute Gasteiger partial charge is 0.511 e. The van der Waals surface area contributed by atoms with Crippen LogP contribution in [-0.4, -0.2) is 34.3 Å². The van der Waals surface area contributed by atoms with Gasteiger partial charge in [0.05, 0.1) is 11.1 Å². The van der Waals surface area contributed by atoms with Gasteiger partial charge < -0.3 is 25.2 Å². The Morgan fingerprint density at radius 3 is 2.91 bits per heavy atom. The van der Waals surface area contributed by atoms with E-state index in [1.54, 1.807) is 9.78 Å². The lowest BCUT2D eigenvalue weighted by Gasteiger charge is -2.34.